The van der Waals surface area contributed by atoms with E-state index in [0.29, 0.717) is 29.0 Å². The third-order valence-corrected chi connectivity index (χ3v) is 3.03. The van der Waals surface area contributed by atoms with Crippen molar-refractivity contribution in [1.82, 2.24) is 0 Å². The summed E-state index contributed by atoms with van der Waals surface area (Å²) in [5.41, 5.74) is 0.888. The van der Waals surface area contributed by atoms with E-state index < -0.39 is 0 Å². The summed E-state index contributed by atoms with van der Waals surface area (Å²) in [6.45, 7) is 1.92. The van der Waals surface area contributed by atoms with Crippen LogP contribution in [-0.2, 0) is 0 Å². The maximum atomic E-state index is 13.5. The fourth-order valence-corrected chi connectivity index (χ4v) is 2.22. The van der Waals surface area contributed by atoms with Gasteiger partial charge >= 0.3 is 0 Å². The van der Waals surface area contributed by atoms with Gasteiger partial charge in [-0.15, -0.1) is 0 Å². The number of carbonyl (C=O) groups excluding carboxylic acids is 1. The lowest BCUT2D eigenvalue weighted by Gasteiger charge is -2.22. The number of fused-ring (bicyclic) bond motifs is 1. The molecule has 1 aromatic carbocycles. The summed E-state index contributed by atoms with van der Waals surface area (Å²) in [6, 6.07) is 2.78. The van der Waals surface area contributed by atoms with Gasteiger partial charge in [-0.2, -0.15) is 0 Å². The second-order valence-electron chi connectivity index (χ2n) is 3.68. The molecular formula is C11H10ClFO. The number of halogens is 2. The predicted molar refractivity (Wildman–Crippen MR) is 53.4 cm³/mol. The van der Waals surface area contributed by atoms with Gasteiger partial charge in [-0.05, 0) is 24.5 Å². The molecule has 0 radical (unpaired) electrons. The molecular weight excluding hydrogens is 203 g/mol. The number of hydrogen-bond acceptors (Lipinski definition) is 1. The highest BCUT2D eigenvalue weighted by atomic mass is 35.5. The van der Waals surface area contributed by atoms with Crippen molar-refractivity contribution >= 4 is 17.4 Å². The van der Waals surface area contributed by atoms with E-state index in [-0.39, 0.29) is 17.5 Å². The molecule has 1 atom stereocenters. The number of rotatable bonds is 0. The molecule has 1 aliphatic rings. The Hall–Kier alpha value is -0.890. The van der Waals surface area contributed by atoms with Gasteiger partial charge in [0, 0.05) is 17.5 Å². The monoisotopic (exact) mass is 212 g/mol. The first-order chi connectivity index (χ1) is 6.61. The van der Waals surface area contributed by atoms with Crippen LogP contribution in [0.2, 0.25) is 5.02 Å². The molecule has 2 rings (SSSR count). The van der Waals surface area contributed by atoms with Gasteiger partial charge < -0.3 is 0 Å². The van der Waals surface area contributed by atoms with Gasteiger partial charge in [0.05, 0.1) is 5.02 Å². The number of hydrogen-bond donors (Lipinski definition) is 0. The van der Waals surface area contributed by atoms with Gasteiger partial charge in [0.15, 0.2) is 5.78 Å². The summed E-state index contributed by atoms with van der Waals surface area (Å²) in [6.07, 6.45) is 1.18. The first-order valence-electron chi connectivity index (χ1n) is 4.62. The predicted octanol–water partition coefficient (Wildman–Crippen LogP) is 3.56. The van der Waals surface area contributed by atoms with Crippen molar-refractivity contribution in [3.63, 3.8) is 0 Å². The third kappa shape index (κ3) is 1.34. The van der Waals surface area contributed by atoms with Crippen LogP contribution in [0, 0.1) is 5.82 Å². The van der Waals surface area contributed by atoms with Crippen molar-refractivity contribution < 1.29 is 9.18 Å². The molecule has 0 amide bonds. The van der Waals surface area contributed by atoms with Crippen LogP contribution in [0.1, 0.15) is 41.6 Å². The van der Waals surface area contributed by atoms with Crippen molar-refractivity contribution in [3.05, 3.63) is 34.1 Å². The molecule has 0 spiro atoms. The Morgan fingerprint density at radius 1 is 1.50 bits per heavy atom. The Kier molecular flexibility index (Phi) is 2.31. The molecule has 74 valence electrons. The molecule has 0 saturated heterocycles. The summed E-state index contributed by atoms with van der Waals surface area (Å²) < 4.78 is 13.5. The second-order valence-corrected chi connectivity index (χ2v) is 4.09. The van der Waals surface area contributed by atoms with Gasteiger partial charge in [-0.25, -0.2) is 4.39 Å². The van der Waals surface area contributed by atoms with Gasteiger partial charge in [0.1, 0.15) is 5.82 Å². The molecule has 1 aromatic rings. The molecule has 0 aliphatic heterocycles. The molecule has 0 bridgehead atoms. The van der Waals surface area contributed by atoms with E-state index in [9.17, 15) is 9.18 Å². The van der Waals surface area contributed by atoms with Gasteiger partial charge in [0.2, 0.25) is 0 Å². The number of Topliss-reactive ketones (excluding diaryl/α,β-unsaturated/α-hetero) is 1. The van der Waals surface area contributed by atoms with E-state index in [2.05, 4.69) is 0 Å². The summed E-state index contributed by atoms with van der Waals surface area (Å²) in [4.78, 5) is 11.6. The maximum absolute atomic E-state index is 13.5. The molecule has 3 heteroatoms. The molecule has 0 aromatic heterocycles. The van der Waals surface area contributed by atoms with Crippen molar-refractivity contribution in [3.8, 4) is 0 Å². The Bertz CT molecular complexity index is 401. The van der Waals surface area contributed by atoms with E-state index in [1.165, 1.54) is 12.1 Å². The number of ketones is 1. The molecule has 0 fully saturated rings. The largest absolute Gasteiger partial charge is 0.294 e. The van der Waals surface area contributed by atoms with E-state index in [4.69, 9.17) is 11.6 Å². The van der Waals surface area contributed by atoms with Crippen LogP contribution in [0.5, 0.6) is 0 Å². The highest BCUT2D eigenvalue weighted by Crippen LogP contribution is 2.36. The molecule has 0 N–H and O–H groups in total. The zero-order valence-corrected chi connectivity index (χ0v) is 8.57. The SMILES string of the molecule is CC1CCC(=O)c2c(Cl)ccc(F)c21. The molecule has 0 heterocycles. The summed E-state index contributed by atoms with van der Waals surface area (Å²) in [5.74, 6) is -0.269. The minimum Gasteiger partial charge on any atom is -0.294 e. The van der Waals surface area contributed by atoms with Crippen molar-refractivity contribution in [1.29, 1.82) is 0 Å². The molecule has 0 saturated carbocycles. The average molecular weight is 213 g/mol. The summed E-state index contributed by atoms with van der Waals surface area (Å²) >= 11 is 5.89. The zero-order valence-electron chi connectivity index (χ0n) is 7.81. The fourth-order valence-electron chi connectivity index (χ4n) is 1.95. The Morgan fingerprint density at radius 2 is 2.21 bits per heavy atom. The maximum Gasteiger partial charge on any atom is 0.164 e. The highest BCUT2D eigenvalue weighted by molar-refractivity contribution is 6.34. The number of carbonyl (C=O) groups is 1. The second kappa shape index (κ2) is 3.35. The zero-order chi connectivity index (χ0) is 10.3. The Balaban J connectivity index is 2.71. The van der Waals surface area contributed by atoms with Crippen LogP contribution < -0.4 is 0 Å². The van der Waals surface area contributed by atoms with Crippen LogP contribution in [0.3, 0.4) is 0 Å². The van der Waals surface area contributed by atoms with Crippen LogP contribution >= 0.6 is 11.6 Å². The Morgan fingerprint density at radius 3 is 2.86 bits per heavy atom. The summed E-state index contributed by atoms with van der Waals surface area (Å²) in [7, 11) is 0. The van der Waals surface area contributed by atoms with Gasteiger partial charge in [-0.1, -0.05) is 18.5 Å². The molecule has 14 heavy (non-hydrogen) atoms. The number of benzene rings is 1. The third-order valence-electron chi connectivity index (χ3n) is 2.72. The Labute approximate surface area is 86.9 Å². The molecule has 1 nitrogen and oxygen atoms in total. The smallest absolute Gasteiger partial charge is 0.164 e. The lowest BCUT2D eigenvalue weighted by Crippen LogP contribution is -2.16. The molecule has 1 aliphatic carbocycles. The minimum atomic E-state index is -0.315. The van der Waals surface area contributed by atoms with E-state index in [1.807, 2.05) is 6.92 Å². The normalized spacial score (nSPS) is 20.8. The highest BCUT2D eigenvalue weighted by Gasteiger charge is 2.27. The van der Waals surface area contributed by atoms with E-state index >= 15 is 0 Å². The van der Waals surface area contributed by atoms with Gasteiger partial charge in [0.25, 0.3) is 0 Å². The van der Waals surface area contributed by atoms with Gasteiger partial charge in [-0.3, -0.25) is 4.79 Å². The lowest BCUT2D eigenvalue weighted by molar-refractivity contribution is 0.0967. The lowest BCUT2D eigenvalue weighted by atomic mass is 9.83. The first-order valence-corrected chi connectivity index (χ1v) is 5.00. The fraction of sp³-hybridized carbons (Fsp3) is 0.364. The van der Waals surface area contributed by atoms with E-state index in [1.54, 1.807) is 0 Å². The van der Waals surface area contributed by atoms with Crippen LogP contribution in [0.15, 0.2) is 12.1 Å². The topological polar surface area (TPSA) is 17.1 Å². The first kappa shape index (κ1) is 9.66. The minimum absolute atomic E-state index is 0.0393. The summed E-state index contributed by atoms with van der Waals surface area (Å²) in [5, 5.41) is 0.373. The van der Waals surface area contributed by atoms with Crippen molar-refractivity contribution in [2.45, 2.75) is 25.7 Å². The quantitative estimate of drug-likeness (QED) is 0.643. The van der Waals surface area contributed by atoms with Crippen LogP contribution in [-0.4, -0.2) is 5.78 Å². The molecule has 1 unspecified atom stereocenters. The van der Waals surface area contributed by atoms with Crippen LogP contribution in [0.25, 0.3) is 0 Å². The van der Waals surface area contributed by atoms with Crippen LogP contribution in [0.4, 0.5) is 4.39 Å². The van der Waals surface area contributed by atoms with Crippen molar-refractivity contribution in [2.24, 2.45) is 0 Å². The average Bonchev–Trinajstić information content (AvgIpc) is 2.16. The standard InChI is InChI=1S/C11H10ClFO/c1-6-2-5-9(14)11-7(12)3-4-8(13)10(6)11/h3-4,6H,2,5H2,1H3. The van der Waals surface area contributed by atoms with Crippen molar-refractivity contribution in [2.75, 3.05) is 0 Å². The van der Waals surface area contributed by atoms with E-state index in [0.717, 1.165) is 0 Å².